The summed E-state index contributed by atoms with van der Waals surface area (Å²) in [5, 5.41) is 9.63. The average molecular weight is 305 g/mol. The first-order valence-corrected chi connectivity index (χ1v) is 7.07. The third-order valence-electron chi connectivity index (χ3n) is 3.18. The third kappa shape index (κ3) is 3.56. The monoisotopic (exact) mass is 304 g/mol. The van der Waals surface area contributed by atoms with Gasteiger partial charge in [0.15, 0.2) is 0 Å². The summed E-state index contributed by atoms with van der Waals surface area (Å²) in [6, 6.07) is 10.5. The zero-order chi connectivity index (χ0) is 15.6. The molecule has 4 heteroatoms. The molecule has 1 N–H and O–H groups in total. The molecule has 0 saturated carbocycles. The van der Waals surface area contributed by atoms with E-state index in [1.165, 1.54) is 6.07 Å². The molecule has 110 valence electrons. The van der Waals surface area contributed by atoms with Crippen LogP contribution in [0.15, 0.2) is 36.4 Å². The van der Waals surface area contributed by atoms with Gasteiger partial charge in [-0.1, -0.05) is 37.6 Å². The normalized spacial score (nSPS) is 10.7. The van der Waals surface area contributed by atoms with E-state index in [0.717, 1.165) is 11.1 Å². The minimum Gasteiger partial charge on any atom is -0.478 e. The molecule has 2 aromatic rings. The van der Waals surface area contributed by atoms with Gasteiger partial charge in [-0.3, -0.25) is 0 Å². The zero-order valence-corrected chi connectivity index (χ0v) is 12.9. The van der Waals surface area contributed by atoms with Gasteiger partial charge in [-0.15, -0.1) is 0 Å². The quantitative estimate of drug-likeness (QED) is 0.837. The molecule has 0 unspecified atom stereocenters. The van der Waals surface area contributed by atoms with E-state index in [2.05, 4.69) is 13.8 Å². The molecule has 0 aliphatic rings. The third-order valence-corrected chi connectivity index (χ3v) is 3.42. The summed E-state index contributed by atoms with van der Waals surface area (Å²) in [6.45, 7) is 6.10. The van der Waals surface area contributed by atoms with Crippen LogP contribution in [0.4, 0.5) is 0 Å². The van der Waals surface area contributed by atoms with Crippen LogP contribution >= 0.6 is 11.6 Å². The van der Waals surface area contributed by atoms with Crippen LogP contribution in [-0.4, -0.2) is 11.1 Å². The number of carbonyl (C=O) groups is 1. The van der Waals surface area contributed by atoms with Crippen molar-refractivity contribution in [1.82, 2.24) is 0 Å². The Labute approximate surface area is 129 Å². The van der Waals surface area contributed by atoms with Crippen molar-refractivity contribution in [3.8, 4) is 11.5 Å². The molecule has 0 fully saturated rings. The van der Waals surface area contributed by atoms with Crippen LogP contribution in [0.2, 0.25) is 5.02 Å². The summed E-state index contributed by atoms with van der Waals surface area (Å²) in [7, 11) is 0. The van der Waals surface area contributed by atoms with E-state index in [4.69, 9.17) is 16.3 Å². The number of carboxylic acid groups (broad SMARTS) is 1. The van der Waals surface area contributed by atoms with Gasteiger partial charge in [-0.05, 0) is 48.2 Å². The summed E-state index contributed by atoms with van der Waals surface area (Å²) < 4.78 is 5.86. The molecule has 0 heterocycles. The zero-order valence-electron chi connectivity index (χ0n) is 12.2. The van der Waals surface area contributed by atoms with Gasteiger partial charge in [0, 0.05) is 5.02 Å². The smallest absolute Gasteiger partial charge is 0.339 e. The molecule has 0 bridgehead atoms. The molecule has 0 amide bonds. The van der Waals surface area contributed by atoms with E-state index in [9.17, 15) is 9.90 Å². The number of hydrogen-bond acceptors (Lipinski definition) is 2. The Balaban J connectivity index is 2.47. The second-order valence-electron chi connectivity index (χ2n) is 5.24. The number of aryl methyl sites for hydroxylation is 1. The molecule has 0 saturated heterocycles. The summed E-state index contributed by atoms with van der Waals surface area (Å²) in [5.74, 6) is 0.182. The molecular formula is C17H17ClO3. The highest BCUT2D eigenvalue weighted by atomic mass is 35.5. The van der Waals surface area contributed by atoms with E-state index >= 15 is 0 Å². The van der Waals surface area contributed by atoms with Crippen molar-refractivity contribution in [3.63, 3.8) is 0 Å². The lowest BCUT2D eigenvalue weighted by atomic mass is 10.0. The molecule has 0 aliphatic heterocycles. The van der Waals surface area contributed by atoms with Crippen molar-refractivity contribution in [2.24, 2.45) is 0 Å². The fourth-order valence-corrected chi connectivity index (χ4v) is 2.26. The fourth-order valence-electron chi connectivity index (χ4n) is 2.08. The molecule has 0 atom stereocenters. The average Bonchev–Trinajstić information content (AvgIpc) is 2.40. The first-order chi connectivity index (χ1) is 9.88. The number of carboxylic acids is 1. The van der Waals surface area contributed by atoms with E-state index in [1.807, 2.05) is 25.1 Å². The van der Waals surface area contributed by atoms with Gasteiger partial charge in [-0.2, -0.15) is 0 Å². The largest absolute Gasteiger partial charge is 0.478 e. The van der Waals surface area contributed by atoms with Gasteiger partial charge >= 0.3 is 5.97 Å². The van der Waals surface area contributed by atoms with Gasteiger partial charge in [0.25, 0.3) is 0 Å². The van der Waals surface area contributed by atoms with Gasteiger partial charge in [0.2, 0.25) is 0 Å². The maximum absolute atomic E-state index is 11.3. The van der Waals surface area contributed by atoms with Gasteiger partial charge in [-0.25, -0.2) is 4.79 Å². The van der Waals surface area contributed by atoms with Crippen LogP contribution in [-0.2, 0) is 0 Å². The lowest BCUT2D eigenvalue weighted by molar-refractivity contribution is 0.0694. The van der Waals surface area contributed by atoms with Crippen LogP contribution in [0.25, 0.3) is 0 Å². The topological polar surface area (TPSA) is 46.5 Å². The first kappa shape index (κ1) is 15.4. The molecule has 2 rings (SSSR count). The molecule has 0 spiro atoms. The molecular weight excluding hydrogens is 288 g/mol. The standard InChI is InChI=1S/C17H17ClO3/c1-10(2)13-6-4-11(3)8-16(13)21-15-7-5-12(18)9-14(15)17(19)20/h4-10H,1-3H3,(H,19,20). The number of rotatable bonds is 4. The Morgan fingerprint density at radius 3 is 2.48 bits per heavy atom. The van der Waals surface area contributed by atoms with Crippen LogP contribution in [0.3, 0.4) is 0 Å². The van der Waals surface area contributed by atoms with Crippen molar-refractivity contribution >= 4 is 17.6 Å². The molecule has 21 heavy (non-hydrogen) atoms. The first-order valence-electron chi connectivity index (χ1n) is 6.69. The maximum atomic E-state index is 11.3. The highest BCUT2D eigenvalue weighted by Gasteiger charge is 2.15. The van der Waals surface area contributed by atoms with Gasteiger partial charge in [0.1, 0.15) is 17.1 Å². The molecule has 2 aromatic carbocycles. The van der Waals surface area contributed by atoms with E-state index in [0.29, 0.717) is 16.5 Å². The van der Waals surface area contributed by atoms with Gasteiger partial charge in [0.05, 0.1) is 0 Å². The summed E-state index contributed by atoms with van der Waals surface area (Å²) in [4.78, 5) is 11.3. The lowest BCUT2D eigenvalue weighted by Crippen LogP contribution is -2.02. The predicted octanol–water partition coefficient (Wildman–Crippen LogP) is 5.26. The number of ether oxygens (including phenoxy) is 1. The summed E-state index contributed by atoms with van der Waals surface area (Å²) >= 11 is 5.85. The highest BCUT2D eigenvalue weighted by Crippen LogP contribution is 2.34. The molecule has 3 nitrogen and oxygen atoms in total. The van der Waals surface area contributed by atoms with Crippen molar-refractivity contribution < 1.29 is 14.6 Å². The maximum Gasteiger partial charge on any atom is 0.339 e. The molecule has 0 radical (unpaired) electrons. The molecule has 0 aliphatic carbocycles. The second-order valence-corrected chi connectivity index (χ2v) is 5.68. The van der Waals surface area contributed by atoms with Crippen molar-refractivity contribution in [2.45, 2.75) is 26.7 Å². The Morgan fingerprint density at radius 2 is 1.86 bits per heavy atom. The SMILES string of the molecule is Cc1ccc(C(C)C)c(Oc2ccc(Cl)cc2C(=O)O)c1. The Hall–Kier alpha value is -2.00. The van der Waals surface area contributed by atoms with Crippen LogP contribution < -0.4 is 4.74 Å². The van der Waals surface area contributed by atoms with E-state index in [-0.39, 0.29) is 11.5 Å². The van der Waals surface area contributed by atoms with Crippen LogP contribution in [0.1, 0.15) is 41.3 Å². The van der Waals surface area contributed by atoms with Crippen LogP contribution in [0.5, 0.6) is 11.5 Å². The van der Waals surface area contributed by atoms with Crippen molar-refractivity contribution in [1.29, 1.82) is 0 Å². The predicted molar refractivity (Wildman–Crippen MR) is 83.8 cm³/mol. The van der Waals surface area contributed by atoms with E-state index in [1.54, 1.807) is 12.1 Å². The van der Waals surface area contributed by atoms with E-state index < -0.39 is 5.97 Å². The van der Waals surface area contributed by atoms with Crippen molar-refractivity contribution in [3.05, 3.63) is 58.1 Å². The van der Waals surface area contributed by atoms with Crippen LogP contribution in [0, 0.1) is 6.92 Å². The highest BCUT2D eigenvalue weighted by molar-refractivity contribution is 6.31. The van der Waals surface area contributed by atoms with Gasteiger partial charge < -0.3 is 9.84 Å². The number of aromatic carboxylic acids is 1. The minimum absolute atomic E-state index is 0.0544. The lowest BCUT2D eigenvalue weighted by Gasteiger charge is -2.16. The Bertz CT molecular complexity index is 678. The summed E-state index contributed by atoms with van der Waals surface area (Å²) in [6.07, 6.45) is 0. The van der Waals surface area contributed by atoms with Crippen molar-refractivity contribution in [2.75, 3.05) is 0 Å². The second kappa shape index (κ2) is 6.19. The fraction of sp³-hybridized carbons (Fsp3) is 0.235. The molecule has 0 aromatic heterocycles. The summed E-state index contributed by atoms with van der Waals surface area (Å²) in [5.41, 5.74) is 2.14. The number of benzene rings is 2. The number of halogens is 1. The number of hydrogen-bond donors (Lipinski definition) is 1. The Morgan fingerprint density at radius 1 is 1.14 bits per heavy atom. The minimum atomic E-state index is -1.06. The Kier molecular flexibility index (Phi) is 4.53.